The molecule has 0 spiro atoms. The molecule has 1 rings (SSSR count). The lowest BCUT2D eigenvalue weighted by molar-refractivity contribution is -0.195. The summed E-state index contributed by atoms with van der Waals surface area (Å²) in [5.41, 5.74) is 0.846. The number of carbonyl (C=O) groups excluding carboxylic acids is 1. The molecule has 1 aliphatic heterocycles. The van der Waals surface area contributed by atoms with Crippen LogP contribution in [-0.4, -0.2) is 46.7 Å². The van der Waals surface area contributed by atoms with Gasteiger partial charge in [-0.2, -0.15) is 13.2 Å². The fourth-order valence-electron chi connectivity index (χ4n) is 2.04. The molecule has 0 radical (unpaired) electrons. The van der Waals surface area contributed by atoms with Gasteiger partial charge in [0.2, 0.25) is 0 Å². The van der Waals surface area contributed by atoms with Crippen LogP contribution in [0.3, 0.4) is 0 Å². The average molecular weight is 282 g/mol. The highest BCUT2D eigenvalue weighted by Crippen LogP contribution is 2.34. The van der Waals surface area contributed by atoms with Gasteiger partial charge in [0.1, 0.15) is 0 Å². The number of carboxylic acids is 1. The number of carbonyl (C=O) groups is 2. The van der Waals surface area contributed by atoms with Crippen molar-refractivity contribution in [1.82, 2.24) is 4.90 Å². The van der Waals surface area contributed by atoms with Crippen LogP contribution < -0.4 is 5.73 Å². The van der Waals surface area contributed by atoms with Gasteiger partial charge in [0.15, 0.2) is 5.54 Å². The lowest BCUT2D eigenvalue weighted by Gasteiger charge is -2.41. The number of nitrogens with zero attached hydrogens (tertiary/aromatic N) is 1. The molecule has 2 unspecified atom stereocenters. The van der Waals surface area contributed by atoms with Crippen molar-refractivity contribution in [3.63, 3.8) is 0 Å². The van der Waals surface area contributed by atoms with Gasteiger partial charge in [-0.1, -0.05) is 0 Å². The van der Waals surface area contributed by atoms with Crippen LogP contribution in [0.1, 0.15) is 26.7 Å². The van der Waals surface area contributed by atoms with E-state index in [9.17, 15) is 22.8 Å². The first-order chi connectivity index (χ1) is 8.42. The minimum absolute atomic E-state index is 0.0879. The largest absolute Gasteiger partial charge is 0.481 e. The summed E-state index contributed by atoms with van der Waals surface area (Å²) in [6, 6.07) is 0. The first-order valence-electron chi connectivity index (χ1n) is 5.80. The summed E-state index contributed by atoms with van der Waals surface area (Å²) < 4.78 is 38.1. The SMILES string of the molecule is CC1(C(=O)O)CCCN(C(=O)C(C)(N)C(F)(F)F)C1. The van der Waals surface area contributed by atoms with Crippen molar-refractivity contribution in [2.45, 2.75) is 38.4 Å². The molecule has 3 N–H and O–H groups in total. The smallest absolute Gasteiger partial charge is 0.415 e. The molecule has 1 aliphatic rings. The number of hydrogen-bond acceptors (Lipinski definition) is 3. The van der Waals surface area contributed by atoms with Crippen molar-refractivity contribution in [1.29, 1.82) is 0 Å². The molecular weight excluding hydrogens is 265 g/mol. The molecule has 0 aromatic heterocycles. The summed E-state index contributed by atoms with van der Waals surface area (Å²) in [4.78, 5) is 23.9. The third-order valence-corrected chi connectivity index (χ3v) is 3.53. The third-order valence-electron chi connectivity index (χ3n) is 3.53. The normalized spacial score (nSPS) is 27.8. The van der Waals surface area contributed by atoms with Crippen LogP contribution in [0.4, 0.5) is 13.2 Å². The number of amides is 1. The Morgan fingerprint density at radius 1 is 1.37 bits per heavy atom. The Balaban J connectivity index is 2.93. The van der Waals surface area contributed by atoms with Crippen LogP contribution >= 0.6 is 0 Å². The standard InChI is InChI=1S/C11H17F3N2O3/c1-9(8(18)19)4-3-5-16(6-9)7(17)10(2,15)11(12,13)14/h3-6,15H2,1-2H3,(H,18,19). The van der Waals surface area contributed by atoms with E-state index in [1.807, 2.05) is 0 Å². The summed E-state index contributed by atoms with van der Waals surface area (Å²) in [5, 5.41) is 9.07. The molecule has 0 saturated carbocycles. The fraction of sp³-hybridized carbons (Fsp3) is 0.818. The summed E-state index contributed by atoms with van der Waals surface area (Å²) in [5.74, 6) is -2.41. The number of rotatable bonds is 2. The van der Waals surface area contributed by atoms with Crippen LogP contribution in [0.25, 0.3) is 0 Å². The summed E-state index contributed by atoms with van der Waals surface area (Å²) in [6.45, 7) is 1.84. The molecule has 0 aliphatic carbocycles. The molecular formula is C11H17F3N2O3. The second kappa shape index (κ2) is 4.66. The molecule has 1 amide bonds. The van der Waals surface area contributed by atoms with Crippen molar-refractivity contribution < 1.29 is 27.9 Å². The monoisotopic (exact) mass is 282 g/mol. The number of hydrogen-bond donors (Lipinski definition) is 2. The van der Waals surface area contributed by atoms with E-state index < -0.39 is 29.0 Å². The van der Waals surface area contributed by atoms with Crippen LogP contribution in [0, 0.1) is 5.41 Å². The molecule has 19 heavy (non-hydrogen) atoms. The lowest BCUT2D eigenvalue weighted by atomic mass is 9.81. The Morgan fingerprint density at radius 3 is 2.32 bits per heavy atom. The van der Waals surface area contributed by atoms with Crippen molar-refractivity contribution in [2.75, 3.05) is 13.1 Å². The maximum absolute atomic E-state index is 12.7. The average Bonchev–Trinajstić information content (AvgIpc) is 2.26. The van der Waals surface area contributed by atoms with Crippen molar-refractivity contribution >= 4 is 11.9 Å². The number of alkyl halides is 3. The zero-order chi connectivity index (χ0) is 15.1. The van der Waals surface area contributed by atoms with Gasteiger partial charge in [-0.25, -0.2) is 0 Å². The Bertz CT molecular complexity index is 395. The second-order valence-electron chi connectivity index (χ2n) is 5.40. The van der Waals surface area contributed by atoms with Crippen molar-refractivity contribution in [2.24, 2.45) is 11.1 Å². The Morgan fingerprint density at radius 2 is 1.89 bits per heavy atom. The molecule has 0 bridgehead atoms. The highest BCUT2D eigenvalue weighted by Gasteiger charge is 2.56. The third kappa shape index (κ3) is 2.83. The molecule has 0 aromatic carbocycles. The minimum atomic E-state index is -4.87. The first-order valence-corrected chi connectivity index (χ1v) is 5.80. The Kier molecular flexibility index (Phi) is 3.86. The predicted molar refractivity (Wildman–Crippen MR) is 60.2 cm³/mol. The van der Waals surface area contributed by atoms with E-state index in [0.717, 1.165) is 4.90 Å². The van der Waals surface area contributed by atoms with Gasteiger partial charge in [-0.05, 0) is 26.7 Å². The number of carboxylic acid groups (broad SMARTS) is 1. The number of aliphatic carboxylic acids is 1. The van der Waals surface area contributed by atoms with Crippen molar-refractivity contribution in [3.8, 4) is 0 Å². The lowest BCUT2D eigenvalue weighted by Crippen LogP contribution is -2.64. The van der Waals surface area contributed by atoms with Gasteiger partial charge in [-0.15, -0.1) is 0 Å². The van der Waals surface area contributed by atoms with Gasteiger partial charge in [0, 0.05) is 13.1 Å². The quantitative estimate of drug-likeness (QED) is 0.790. The number of halogens is 3. The van der Waals surface area contributed by atoms with Crippen LogP contribution in [0.2, 0.25) is 0 Å². The van der Waals surface area contributed by atoms with Gasteiger partial charge in [0.25, 0.3) is 5.91 Å². The summed E-state index contributed by atoms with van der Waals surface area (Å²) >= 11 is 0. The first kappa shape index (κ1) is 15.7. The minimum Gasteiger partial charge on any atom is -0.481 e. The van der Waals surface area contributed by atoms with E-state index in [-0.39, 0.29) is 13.1 Å². The molecule has 2 atom stereocenters. The molecule has 1 fully saturated rings. The summed E-state index contributed by atoms with van der Waals surface area (Å²) in [6.07, 6.45) is -4.22. The van der Waals surface area contributed by atoms with E-state index in [0.29, 0.717) is 19.8 Å². The van der Waals surface area contributed by atoms with E-state index in [2.05, 4.69) is 0 Å². The van der Waals surface area contributed by atoms with Crippen molar-refractivity contribution in [3.05, 3.63) is 0 Å². The maximum atomic E-state index is 12.7. The highest BCUT2D eigenvalue weighted by atomic mass is 19.4. The predicted octanol–water partition coefficient (Wildman–Crippen LogP) is 0.979. The van der Waals surface area contributed by atoms with E-state index in [4.69, 9.17) is 10.8 Å². The van der Waals surface area contributed by atoms with E-state index in [1.165, 1.54) is 6.92 Å². The van der Waals surface area contributed by atoms with E-state index >= 15 is 0 Å². The molecule has 1 heterocycles. The second-order valence-corrected chi connectivity index (χ2v) is 5.40. The topological polar surface area (TPSA) is 83.6 Å². The number of nitrogens with two attached hydrogens (primary N) is 1. The van der Waals surface area contributed by atoms with Crippen LogP contribution in [0.5, 0.6) is 0 Å². The molecule has 8 heteroatoms. The highest BCUT2D eigenvalue weighted by molar-refractivity contribution is 5.87. The zero-order valence-corrected chi connectivity index (χ0v) is 10.8. The zero-order valence-electron chi connectivity index (χ0n) is 10.8. The molecule has 110 valence electrons. The Hall–Kier alpha value is -1.31. The fourth-order valence-corrected chi connectivity index (χ4v) is 2.04. The van der Waals surface area contributed by atoms with Gasteiger partial charge < -0.3 is 15.7 Å². The molecule has 5 nitrogen and oxygen atoms in total. The van der Waals surface area contributed by atoms with Crippen LogP contribution in [-0.2, 0) is 9.59 Å². The maximum Gasteiger partial charge on any atom is 0.415 e. The van der Waals surface area contributed by atoms with E-state index in [1.54, 1.807) is 0 Å². The molecule has 0 aromatic rings. The van der Waals surface area contributed by atoms with Gasteiger partial charge in [-0.3, -0.25) is 9.59 Å². The van der Waals surface area contributed by atoms with Crippen LogP contribution in [0.15, 0.2) is 0 Å². The Labute approximate surface area is 108 Å². The molecule has 1 saturated heterocycles. The van der Waals surface area contributed by atoms with Gasteiger partial charge in [0.05, 0.1) is 5.41 Å². The number of piperidine rings is 1. The summed E-state index contributed by atoms with van der Waals surface area (Å²) in [7, 11) is 0. The van der Waals surface area contributed by atoms with Gasteiger partial charge >= 0.3 is 12.1 Å². The number of likely N-dealkylation sites (tertiary alicyclic amines) is 1.